The van der Waals surface area contributed by atoms with Crippen LogP contribution in [0.5, 0.6) is 0 Å². The molecule has 8 heteroatoms. The number of nitrogens with one attached hydrogen (secondary N) is 2. The summed E-state index contributed by atoms with van der Waals surface area (Å²) in [6.07, 6.45) is 0.0100. The van der Waals surface area contributed by atoms with E-state index < -0.39 is 5.91 Å². The number of methoxy groups -OCH3 is 1. The summed E-state index contributed by atoms with van der Waals surface area (Å²) in [5.41, 5.74) is 3.13. The Morgan fingerprint density at radius 2 is 2.00 bits per heavy atom. The third-order valence-electron chi connectivity index (χ3n) is 2.27. The summed E-state index contributed by atoms with van der Waals surface area (Å²) >= 11 is 11.8. The van der Waals surface area contributed by atoms with Crippen LogP contribution >= 0.6 is 23.2 Å². The van der Waals surface area contributed by atoms with Gasteiger partial charge in [-0.1, -0.05) is 23.2 Å². The molecule has 0 heterocycles. The second-order valence-corrected chi connectivity index (χ2v) is 5.01. The molecule has 0 radical (unpaired) electrons. The van der Waals surface area contributed by atoms with E-state index in [9.17, 15) is 9.59 Å². The van der Waals surface area contributed by atoms with Crippen molar-refractivity contribution in [1.29, 1.82) is 0 Å². The van der Waals surface area contributed by atoms with Crippen molar-refractivity contribution in [3.8, 4) is 0 Å². The minimum atomic E-state index is -0.393. The Hall–Kier alpha value is -1.63. The molecule has 0 atom stereocenters. The molecule has 0 saturated heterocycles. The Kier molecular flexibility index (Phi) is 7.14. The van der Waals surface area contributed by atoms with E-state index in [0.717, 1.165) is 0 Å². The van der Waals surface area contributed by atoms with Crippen molar-refractivity contribution in [3.63, 3.8) is 0 Å². The number of carbonyl (C=O) groups is 2. The molecule has 114 valence electrons. The van der Waals surface area contributed by atoms with E-state index in [1.54, 1.807) is 25.1 Å². The SMILES string of the molecule is COCC(=O)N/N=C(/C)CC(=O)Nc1cc(Cl)ccc1Cl. The Morgan fingerprint density at radius 3 is 2.67 bits per heavy atom. The zero-order valence-electron chi connectivity index (χ0n) is 11.6. The Bertz CT molecular complexity index is 562. The van der Waals surface area contributed by atoms with Crippen LogP contribution in [0.3, 0.4) is 0 Å². The van der Waals surface area contributed by atoms with Gasteiger partial charge in [0.1, 0.15) is 6.61 Å². The maximum atomic E-state index is 11.8. The van der Waals surface area contributed by atoms with Gasteiger partial charge in [-0.25, -0.2) is 5.43 Å². The predicted octanol–water partition coefficient (Wildman–Crippen LogP) is 2.46. The van der Waals surface area contributed by atoms with Gasteiger partial charge in [-0.15, -0.1) is 0 Å². The second kappa shape index (κ2) is 8.61. The van der Waals surface area contributed by atoms with Crippen molar-refractivity contribution < 1.29 is 14.3 Å². The average molecular weight is 332 g/mol. The van der Waals surface area contributed by atoms with E-state index in [4.69, 9.17) is 23.2 Å². The molecular weight excluding hydrogens is 317 g/mol. The van der Waals surface area contributed by atoms with Crippen molar-refractivity contribution in [3.05, 3.63) is 28.2 Å². The van der Waals surface area contributed by atoms with Crippen LogP contribution in [0, 0.1) is 0 Å². The molecule has 0 aromatic heterocycles. The first kappa shape index (κ1) is 17.4. The quantitative estimate of drug-likeness (QED) is 0.620. The summed E-state index contributed by atoms with van der Waals surface area (Å²) in [5.74, 6) is -0.712. The number of amides is 2. The molecule has 1 aromatic carbocycles. The Balaban J connectivity index is 2.55. The van der Waals surface area contributed by atoms with Gasteiger partial charge < -0.3 is 10.1 Å². The highest BCUT2D eigenvalue weighted by Crippen LogP contribution is 2.25. The minimum absolute atomic E-state index is 0.0100. The maximum absolute atomic E-state index is 11.8. The molecule has 1 rings (SSSR count). The lowest BCUT2D eigenvalue weighted by Gasteiger charge is -2.07. The molecule has 2 amide bonds. The van der Waals surface area contributed by atoms with Gasteiger partial charge in [0, 0.05) is 17.8 Å². The minimum Gasteiger partial charge on any atom is -0.375 e. The number of rotatable bonds is 6. The summed E-state index contributed by atoms with van der Waals surface area (Å²) in [6.45, 7) is 1.52. The molecule has 2 N–H and O–H groups in total. The average Bonchev–Trinajstić information content (AvgIpc) is 2.41. The van der Waals surface area contributed by atoms with Crippen LogP contribution in [0.4, 0.5) is 5.69 Å². The number of hydrogen-bond acceptors (Lipinski definition) is 4. The fourth-order valence-electron chi connectivity index (χ4n) is 1.38. The van der Waals surface area contributed by atoms with Gasteiger partial charge in [0.05, 0.1) is 17.1 Å². The van der Waals surface area contributed by atoms with E-state index >= 15 is 0 Å². The molecule has 0 unspecified atom stereocenters. The van der Waals surface area contributed by atoms with Crippen molar-refractivity contribution >= 4 is 46.4 Å². The first-order chi connectivity index (χ1) is 9.92. The van der Waals surface area contributed by atoms with Crippen LogP contribution in [-0.4, -0.2) is 31.2 Å². The first-order valence-electron chi connectivity index (χ1n) is 5.98. The molecule has 0 aliphatic rings. The Labute approximate surface area is 132 Å². The number of ether oxygens (including phenoxy) is 1. The molecule has 6 nitrogen and oxygen atoms in total. The maximum Gasteiger partial charge on any atom is 0.266 e. The highest BCUT2D eigenvalue weighted by atomic mass is 35.5. The van der Waals surface area contributed by atoms with Crippen LogP contribution in [0.1, 0.15) is 13.3 Å². The standard InChI is InChI=1S/C13H15Cl2N3O3/c1-8(17-18-13(20)7-21-2)5-12(19)16-11-6-9(14)3-4-10(11)15/h3-4,6H,5,7H2,1-2H3,(H,16,19)(H,18,20)/b17-8-. The molecule has 0 aliphatic carbocycles. The van der Waals surface area contributed by atoms with Gasteiger partial charge in [0.25, 0.3) is 5.91 Å². The van der Waals surface area contributed by atoms with Gasteiger partial charge in [0.15, 0.2) is 0 Å². The predicted molar refractivity (Wildman–Crippen MR) is 82.8 cm³/mol. The topological polar surface area (TPSA) is 79.8 Å². The molecular formula is C13H15Cl2N3O3. The molecule has 21 heavy (non-hydrogen) atoms. The number of nitrogens with zero attached hydrogens (tertiary/aromatic N) is 1. The number of hydrogen-bond donors (Lipinski definition) is 2. The largest absolute Gasteiger partial charge is 0.375 e. The Morgan fingerprint density at radius 1 is 1.29 bits per heavy atom. The summed E-state index contributed by atoms with van der Waals surface area (Å²) < 4.78 is 4.63. The third-order valence-corrected chi connectivity index (χ3v) is 2.83. The van der Waals surface area contributed by atoms with Crippen molar-refractivity contribution in [1.82, 2.24) is 5.43 Å². The lowest BCUT2D eigenvalue weighted by atomic mass is 10.2. The summed E-state index contributed by atoms with van der Waals surface area (Å²) in [7, 11) is 1.40. The smallest absolute Gasteiger partial charge is 0.266 e. The van der Waals surface area contributed by atoms with Crippen molar-refractivity contribution in [2.24, 2.45) is 5.10 Å². The van der Waals surface area contributed by atoms with E-state index in [0.29, 0.717) is 21.4 Å². The number of halogens is 2. The van der Waals surface area contributed by atoms with Crippen LogP contribution in [0.2, 0.25) is 10.0 Å². The molecule has 0 spiro atoms. The van der Waals surface area contributed by atoms with Crippen LogP contribution in [0.15, 0.2) is 23.3 Å². The zero-order valence-corrected chi connectivity index (χ0v) is 13.1. The molecule has 0 aliphatic heterocycles. The number of benzene rings is 1. The van der Waals surface area contributed by atoms with Gasteiger partial charge in [-0.2, -0.15) is 5.10 Å². The normalized spacial score (nSPS) is 11.1. The summed E-state index contributed by atoms with van der Waals surface area (Å²) in [4.78, 5) is 23.0. The summed E-state index contributed by atoms with van der Waals surface area (Å²) in [6, 6.07) is 4.76. The van der Waals surface area contributed by atoms with Crippen LogP contribution in [0.25, 0.3) is 0 Å². The number of hydrazone groups is 1. The number of carbonyl (C=O) groups excluding carboxylic acids is 2. The zero-order chi connectivity index (χ0) is 15.8. The van der Waals surface area contributed by atoms with Crippen molar-refractivity contribution in [2.45, 2.75) is 13.3 Å². The van der Waals surface area contributed by atoms with Gasteiger partial charge in [0.2, 0.25) is 5.91 Å². The fourth-order valence-corrected chi connectivity index (χ4v) is 1.72. The highest BCUT2D eigenvalue weighted by Gasteiger charge is 2.08. The second-order valence-electron chi connectivity index (χ2n) is 4.16. The third kappa shape index (κ3) is 6.57. The van der Waals surface area contributed by atoms with Gasteiger partial charge >= 0.3 is 0 Å². The molecule has 1 aromatic rings. The molecule has 0 bridgehead atoms. The van der Waals surface area contributed by atoms with E-state index in [1.165, 1.54) is 7.11 Å². The van der Waals surface area contributed by atoms with Crippen LogP contribution in [-0.2, 0) is 14.3 Å². The molecule has 0 fully saturated rings. The van der Waals surface area contributed by atoms with Crippen molar-refractivity contribution in [2.75, 3.05) is 19.0 Å². The molecule has 0 saturated carbocycles. The lowest BCUT2D eigenvalue weighted by molar-refractivity contribution is -0.124. The van der Waals surface area contributed by atoms with Crippen LogP contribution < -0.4 is 10.7 Å². The summed E-state index contributed by atoms with van der Waals surface area (Å²) in [5, 5.41) is 7.25. The lowest BCUT2D eigenvalue weighted by Crippen LogP contribution is -2.24. The van der Waals surface area contributed by atoms with E-state index in [2.05, 4.69) is 20.6 Å². The highest BCUT2D eigenvalue weighted by molar-refractivity contribution is 6.35. The van der Waals surface area contributed by atoms with Gasteiger partial charge in [-0.05, 0) is 25.1 Å². The fraction of sp³-hybridized carbons (Fsp3) is 0.308. The van der Waals surface area contributed by atoms with E-state index in [1.807, 2.05) is 0 Å². The van der Waals surface area contributed by atoms with Gasteiger partial charge in [-0.3, -0.25) is 9.59 Å². The monoisotopic (exact) mass is 331 g/mol. The number of anilines is 1. The first-order valence-corrected chi connectivity index (χ1v) is 6.73. The van der Waals surface area contributed by atoms with E-state index in [-0.39, 0.29) is 18.9 Å².